The lowest BCUT2D eigenvalue weighted by molar-refractivity contribution is -0.124. The molecule has 3 nitrogen and oxygen atoms in total. The summed E-state index contributed by atoms with van der Waals surface area (Å²) < 4.78 is 0. The van der Waals surface area contributed by atoms with Crippen LogP contribution in [0.25, 0.3) is 0 Å². The molecule has 1 aromatic rings. The number of amides is 1. The van der Waals surface area contributed by atoms with Crippen LogP contribution < -0.4 is 11.1 Å². The third-order valence-electron chi connectivity index (χ3n) is 2.79. The first-order valence-electron chi connectivity index (χ1n) is 6.22. The van der Waals surface area contributed by atoms with Gasteiger partial charge >= 0.3 is 0 Å². The quantitative estimate of drug-likeness (QED) is 0.784. The average Bonchev–Trinajstić information content (AvgIpc) is 2.80. The van der Waals surface area contributed by atoms with Crippen molar-refractivity contribution in [3.63, 3.8) is 0 Å². The van der Waals surface area contributed by atoms with Crippen molar-refractivity contribution >= 4 is 17.2 Å². The van der Waals surface area contributed by atoms with Crippen molar-refractivity contribution < 1.29 is 4.79 Å². The summed E-state index contributed by atoms with van der Waals surface area (Å²) in [7, 11) is 0. The van der Waals surface area contributed by atoms with E-state index in [1.807, 2.05) is 6.92 Å². The topological polar surface area (TPSA) is 55.1 Å². The van der Waals surface area contributed by atoms with Gasteiger partial charge in [0, 0.05) is 15.7 Å². The largest absolute Gasteiger partial charge is 0.351 e. The van der Waals surface area contributed by atoms with E-state index in [2.05, 4.69) is 24.4 Å². The van der Waals surface area contributed by atoms with Gasteiger partial charge in [-0.2, -0.15) is 0 Å². The predicted molar refractivity (Wildman–Crippen MR) is 73.0 cm³/mol. The van der Waals surface area contributed by atoms with Gasteiger partial charge < -0.3 is 11.1 Å². The summed E-state index contributed by atoms with van der Waals surface area (Å²) in [6.45, 7) is 5.40. The van der Waals surface area contributed by atoms with E-state index < -0.39 is 0 Å². The van der Waals surface area contributed by atoms with Crippen LogP contribution in [0.5, 0.6) is 0 Å². The van der Waals surface area contributed by atoms with Crippen molar-refractivity contribution in [1.82, 2.24) is 5.32 Å². The van der Waals surface area contributed by atoms with Crippen LogP contribution in [-0.4, -0.2) is 12.5 Å². The Balaban J connectivity index is 2.32. The number of aryl methyl sites for hydroxylation is 1. The van der Waals surface area contributed by atoms with Gasteiger partial charge in [0.2, 0.25) is 5.91 Å². The molecular formula is C13H22N2OS. The van der Waals surface area contributed by atoms with E-state index in [0.717, 1.165) is 19.3 Å². The Morgan fingerprint density at radius 2 is 2.18 bits per heavy atom. The van der Waals surface area contributed by atoms with Crippen LogP contribution in [0.4, 0.5) is 0 Å². The van der Waals surface area contributed by atoms with Gasteiger partial charge in [-0.05, 0) is 37.9 Å². The highest BCUT2D eigenvalue weighted by Crippen LogP contribution is 2.16. The molecule has 96 valence electrons. The Morgan fingerprint density at radius 3 is 2.76 bits per heavy atom. The fourth-order valence-electron chi connectivity index (χ4n) is 1.61. The van der Waals surface area contributed by atoms with Crippen LogP contribution in [0.15, 0.2) is 12.1 Å². The number of hydrogen-bond acceptors (Lipinski definition) is 3. The van der Waals surface area contributed by atoms with Crippen molar-refractivity contribution in [2.45, 2.75) is 39.7 Å². The Morgan fingerprint density at radius 1 is 1.47 bits per heavy atom. The van der Waals surface area contributed by atoms with E-state index in [9.17, 15) is 4.79 Å². The molecule has 0 aliphatic heterocycles. The molecule has 4 heteroatoms. The molecule has 1 aromatic heterocycles. The third kappa shape index (κ3) is 4.88. The summed E-state index contributed by atoms with van der Waals surface area (Å²) >= 11 is 1.77. The molecule has 0 radical (unpaired) electrons. The first-order valence-corrected chi connectivity index (χ1v) is 7.04. The lowest BCUT2D eigenvalue weighted by Gasteiger charge is -2.10. The Hall–Kier alpha value is -0.870. The van der Waals surface area contributed by atoms with E-state index in [-0.39, 0.29) is 11.8 Å². The maximum atomic E-state index is 11.8. The average molecular weight is 254 g/mol. The summed E-state index contributed by atoms with van der Waals surface area (Å²) in [6, 6.07) is 4.22. The summed E-state index contributed by atoms with van der Waals surface area (Å²) in [5.41, 5.74) is 5.43. The maximum Gasteiger partial charge on any atom is 0.223 e. The molecule has 0 fully saturated rings. The van der Waals surface area contributed by atoms with Crippen LogP contribution in [0.3, 0.4) is 0 Å². The molecule has 0 aliphatic carbocycles. The minimum Gasteiger partial charge on any atom is -0.351 e. The lowest BCUT2D eigenvalue weighted by atomic mass is 10.1. The lowest BCUT2D eigenvalue weighted by Crippen LogP contribution is -2.28. The zero-order valence-corrected chi connectivity index (χ0v) is 11.5. The Labute approximate surface area is 107 Å². The highest BCUT2D eigenvalue weighted by molar-refractivity contribution is 7.11. The number of carbonyl (C=O) groups excluding carboxylic acids is 1. The normalized spacial score (nSPS) is 12.4. The van der Waals surface area contributed by atoms with E-state index in [1.165, 1.54) is 9.75 Å². The Kier molecular flexibility index (Phi) is 6.22. The second kappa shape index (κ2) is 7.45. The van der Waals surface area contributed by atoms with Crippen LogP contribution in [0, 0.1) is 5.92 Å². The van der Waals surface area contributed by atoms with Gasteiger partial charge in [0.1, 0.15) is 0 Å². The van der Waals surface area contributed by atoms with E-state index in [4.69, 9.17) is 5.73 Å². The Bertz CT molecular complexity index is 349. The van der Waals surface area contributed by atoms with Crippen LogP contribution in [0.2, 0.25) is 0 Å². The summed E-state index contributed by atoms with van der Waals surface area (Å²) in [4.78, 5) is 14.3. The molecule has 1 heterocycles. The predicted octanol–water partition coefficient (Wildman–Crippen LogP) is 2.30. The van der Waals surface area contributed by atoms with E-state index in [1.54, 1.807) is 11.3 Å². The van der Waals surface area contributed by atoms with Crippen LogP contribution >= 0.6 is 11.3 Å². The molecule has 0 aliphatic rings. The first-order chi connectivity index (χ1) is 8.17. The fraction of sp³-hybridized carbons (Fsp3) is 0.615. The molecule has 17 heavy (non-hydrogen) atoms. The maximum absolute atomic E-state index is 11.8. The monoisotopic (exact) mass is 254 g/mol. The number of carbonyl (C=O) groups is 1. The molecule has 1 unspecified atom stereocenters. The van der Waals surface area contributed by atoms with Crippen molar-refractivity contribution in [3.05, 3.63) is 21.9 Å². The van der Waals surface area contributed by atoms with Gasteiger partial charge in [-0.1, -0.05) is 13.8 Å². The molecule has 0 aromatic carbocycles. The van der Waals surface area contributed by atoms with E-state index in [0.29, 0.717) is 13.1 Å². The highest BCUT2D eigenvalue weighted by Gasteiger charge is 2.11. The summed E-state index contributed by atoms with van der Waals surface area (Å²) in [6.07, 6.45) is 2.84. The zero-order valence-electron chi connectivity index (χ0n) is 10.7. The smallest absolute Gasteiger partial charge is 0.223 e. The molecule has 1 atom stereocenters. The number of nitrogens with one attached hydrogen (secondary N) is 1. The van der Waals surface area contributed by atoms with Gasteiger partial charge in [-0.15, -0.1) is 11.3 Å². The van der Waals surface area contributed by atoms with Gasteiger partial charge in [0.05, 0.1) is 6.54 Å². The molecular weight excluding hydrogens is 232 g/mol. The van der Waals surface area contributed by atoms with E-state index >= 15 is 0 Å². The minimum atomic E-state index is 0.0594. The molecule has 0 bridgehead atoms. The number of thiophene rings is 1. The number of hydrogen-bond donors (Lipinski definition) is 2. The molecule has 3 N–H and O–H groups in total. The van der Waals surface area contributed by atoms with Gasteiger partial charge in [0.25, 0.3) is 0 Å². The van der Waals surface area contributed by atoms with Crippen molar-refractivity contribution in [3.8, 4) is 0 Å². The third-order valence-corrected chi connectivity index (χ3v) is 4.02. The molecule has 0 spiro atoms. The SMILES string of the molecule is CCc1ccc(CNC(=O)C(C)CCCN)s1. The van der Waals surface area contributed by atoms with Crippen molar-refractivity contribution in [2.24, 2.45) is 11.7 Å². The van der Waals surface area contributed by atoms with Crippen LogP contribution in [-0.2, 0) is 17.8 Å². The number of rotatable bonds is 7. The molecule has 1 rings (SSSR count). The molecule has 1 amide bonds. The van der Waals surface area contributed by atoms with Crippen molar-refractivity contribution in [1.29, 1.82) is 0 Å². The van der Waals surface area contributed by atoms with Gasteiger partial charge in [-0.25, -0.2) is 0 Å². The van der Waals surface area contributed by atoms with Gasteiger partial charge in [0.15, 0.2) is 0 Å². The molecule has 0 saturated heterocycles. The zero-order chi connectivity index (χ0) is 12.7. The fourth-order valence-corrected chi connectivity index (χ4v) is 2.51. The standard InChI is InChI=1S/C13H22N2OS/c1-3-11-6-7-12(17-11)9-15-13(16)10(2)5-4-8-14/h6-7,10H,3-5,8-9,14H2,1-2H3,(H,15,16). The first kappa shape index (κ1) is 14.2. The summed E-state index contributed by atoms with van der Waals surface area (Å²) in [5, 5.41) is 2.98. The second-order valence-corrected chi connectivity index (χ2v) is 5.52. The van der Waals surface area contributed by atoms with Gasteiger partial charge in [-0.3, -0.25) is 4.79 Å². The minimum absolute atomic E-state index is 0.0594. The number of nitrogens with two attached hydrogens (primary N) is 1. The molecule has 0 saturated carbocycles. The van der Waals surface area contributed by atoms with Crippen LogP contribution in [0.1, 0.15) is 36.4 Å². The van der Waals surface area contributed by atoms with Crippen molar-refractivity contribution in [2.75, 3.05) is 6.54 Å². The second-order valence-electron chi connectivity index (χ2n) is 4.27. The highest BCUT2D eigenvalue weighted by atomic mass is 32.1. The summed E-state index contributed by atoms with van der Waals surface area (Å²) in [5.74, 6) is 0.189.